The predicted octanol–water partition coefficient (Wildman–Crippen LogP) is 4.80. The third-order valence-electron chi connectivity index (χ3n) is 4.63. The lowest BCUT2D eigenvalue weighted by atomic mass is 9.70. The molecule has 1 fully saturated rings. The van der Waals surface area contributed by atoms with E-state index in [9.17, 15) is 0 Å². The average Bonchev–Trinajstić information content (AvgIpc) is 2.40. The van der Waals surface area contributed by atoms with Crippen LogP contribution in [0.4, 0.5) is 0 Å². The van der Waals surface area contributed by atoms with Gasteiger partial charge in [-0.05, 0) is 49.4 Å². The van der Waals surface area contributed by atoms with Gasteiger partial charge in [0.2, 0.25) is 0 Å². The summed E-state index contributed by atoms with van der Waals surface area (Å²) in [7, 11) is 1.90. The highest BCUT2D eigenvalue weighted by atomic mass is 14.9. The van der Waals surface area contributed by atoms with Crippen LogP contribution in [0.15, 0.2) is 12.3 Å². The minimum absolute atomic E-state index is 0.0962. The van der Waals surface area contributed by atoms with Crippen LogP contribution in [0.25, 0.3) is 0 Å². The fraction of sp³-hybridized carbons (Fsp3) is 0.737. The van der Waals surface area contributed by atoms with Crippen molar-refractivity contribution < 1.29 is 10.1 Å². The number of hydrogen-bond acceptors (Lipinski definition) is 0. The van der Waals surface area contributed by atoms with Crippen LogP contribution in [0.3, 0.4) is 0 Å². The summed E-state index contributed by atoms with van der Waals surface area (Å²) in [6, 6.07) is 1.99. The average molecular weight is 278 g/mol. The Kier molecular flexibility index (Phi) is 2.79. The molecule has 1 saturated carbocycles. The van der Waals surface area contributed by atoms with Crippen molar-refractivity contribution in [3.8, 4) is 0 Å². The van der Waals surface area contributed by atoms with Gasteiger partial charge in [-0.25, -0.2) is 4.57 Å². The first kappa shape index (κ1) is 10.8. The molecule has 1 aromatic rings. The molecule has 0 amide bonds. The minimum Gasteiger partial charge on any atom is -0.204 e. The first-order valence-electron chi connectivity index (χ1n) is 9.71. The first-order valence-corrected chi connectivity index (χ1v) is 7.71. The van der Waals surface area contributed by atoms with Gasteiger partial charge in [-0.3, -0.25) is 0 Å². The Hall–Kier alpha value is -0.850. The van der Waals surface area contributed by atoms with Crippen molar-refractivity contribution in [3.05, 3.63) is 29.1 Å². The fourth-order valence-electron chi connectivity index (χ4n) is 3.18. The van der Waals surface area contributed by atoms with Gasteiger partial charge >= 0.3 is 0 Å². The van der Waals surface area contributed by atoms with Crippen molar-refractivity contribution in [2.75, 3.05) is 0 Å². The van der Waals surface area contributed by atoms with E-state index >= 15 is 0 Å². The second-order valence-corrected chi connectivity index (χ2v) is 8.11. The summed E-state index contributed by atoms with van der Waals surface area (Å²) in [4.78, 5) is 0. The summed E-state index contributed by atoms with van der Waals surface area (Å²) < 4.78 is 34.9. The van der Waals surface area contributed by atoms with Gasteiger partial charge in [-0.2, -0.15) is 0 Å². The van der Waals surface area contributed by atoms with E-state index in [0.717, 1.165) is 31.4 Å². The number of aromatic nitrogens is 1. The largest absolute Gasteiger partial charge is 0.204 e. The third kappa shape index (κ3) is 3.24. The Morgan fingerprint density at radius 1 is 1.30 bits per heavy atom. The number of pyridine rings is 1. The Morgan fingerprint density at radius 3 is 2.40 bits per heavy atom. The zero-order chi connectivity index (χ0) is 18.6. The van der Waals surface area contributed by atoms with Gasteiger partial charge in [0.25, 0.3) is 0 Å². The summed E-state index contributed by atoms with van der Waals surface area (Å²) in [6.07, 6.45) is 5.10. The van der Waals surface area contributed by atoms with E-state index in [1.165, 1.54) is 0 Å². The fourth-order valence-corrected chi connectivity index (χ4v) is 3.18. The van der Waals surface area contributed by atoms with Gasteiger partial charge in [0.05, 0.1) is 0 Å². The molecule has 1 aliphatic carbocycles. The molecule has 0 unspecified atom stereocenters. The molecule has 0 saturated heterocycles. The topological polar surface area (TPSA) is 3.88 Å². The maximum absolute atomic E-state index is 9.07. The summed E-state index contributed by atoms with van der Waals surface area (Å²) in [6.45, 7) is 8.67. The number of aryl methyl sites for hydroxylation is 2. The molecule has 1 aromatic heterocycles. The van der Waals surface area contributed by atoms with Crippen LogP contribution < -0.4 is 4.57 Å². The Balaban J connectivity index is 2.62. The van der Waals surface area contributed by atoms with Crippen molar-refractivity contribution in [2.24, 2.45) is 12.5 Å². The van der Waals surface area contributed by atoms with Crippen molar-refractivity contribution in [2.45, 2.75) is 78.5 Å². The molecule has 20 heavy (non-hydrogen) atoms. The zero-order valence-electron chi connectivity index (χ0n) is 17.9. The van der Waals surface area contributed by atoms with Crippen LogP contribution >= 0.6 is 0 Å². The van der Waals surface area contributed by atoms with Crippen molar-refractivity contribution in [3.63, 3.8) is 0 Å². The molecule has 1 aliphatic rings. The van der Waals surface area contributed by atoms with Gasteiger partial charge in [-0.1, -0.05) is 34.6 Å². The maximum atomic E-state index is 9.07. The smallest absolute Gasteiger partial charge is 0.186 e. The van der Waals surface area contributed by atoms with E-state index in [1.807, 2.05) is 17.7 Å². The monoisotopic (exact) mass is 278 g/mol. The van der Waals surface area contributed by atoms with Crippen LogP contribution in [-0.4, -0.2) is 0 Å². The molecule has 112 valence electrons. The van der Waals surface area contributed by atoms with Gasteiger partial charge in [0, 0.05) is 22.5 Å². The third-order valence-corrected chi connectivity index (χ3v) is 4.63. The van der Waals surface area contributed by atoms with E-state index in [4.69, 9.17) is 5.48 Å². The van der Waals surface area contributed by atoms with Crippen LogP contribution in [0.5, 0.6) is 0 Å². The van der Waals surface area contributed by atoms with E-state index in [0.29, 0.717) is 11.1 Å². The Bertz CT molecular complexity index is 613. The van der Waals surface area contributed by atoms with E-state index in [-0.39, 0.29) is 10.8 Å². The molecular weight excluding hydrogens is 242 g/mol. The van der Waals surface area contributed by atoms with Gasteiger partial charge in [0.1, 0.15) is 7.05 Å². The second kappa shape index (κ2) is 5.16. The van der Waals surface area contributed by atoms with Crippen LogP contribution in [-0.2, 0) is 12.5 Å². The van der Waals surface area contributed by atoms with Gasteiger partial charge in [0.15, 0.2) is 11.9 Å². The summed E-state index contributed by atoms with van der Waals surface area (Å²) in [5.41, 5.74) is 2.27. The number of hydrogen-bond donors (Lipinski definition) is 0. The van der Waals surface area contributed by atoms with Crippen LogP contribution in [0, 0.1) is 12.3 Å². The highest BCUT2D eigenvalue weighted by molar-refractivity contribution is 5.29. The first-order chi connectivity index (χ1) is 10.7. The van der Waals surface area contributed by atoms with Crippen LogP contribution in [0.2, 0.25) is 0 Å². The second-order valence-electron chi connectivity index (χ2n) is 8.11. The SMILES string of the molecule is [2H]C([2H])([2H])c1c[n+](C)c(C(C)(C)C)cc1C1([2H])CCC(C)(C)CC1. The highest BCUT2D eigenvalue weighted by Crippen LogP contribution is 2.43. The molecule has 1 heteroatoms. The molecule has 1 heterocycles. The molecule has 0 radical (unpaired) electrons. The van der Waals surface area contributed by atoms with E-state index < -0.39 is 12.7 Å². The Labute approximate surface area is 131 Å². The highest BCUT2D eigenvalue weighted by Gasteiger charge is 2.31. The maximum Gasteiger partial charge on any atom is 0.186 e. The molecule has 2 rings (SSSR count). The molecule has 0 spiro atoms. The molecule has 0 aliphatic heterocycles. The molecule has 0 aromatic carbocycles. The molecule has 0 atom stereocenters. The lowest BCUT2D eigenvalue weighted by Gasteiger charge is -2.35. The standard InChI is InChI=1S/C19H32N/c1-14-13-20(7)17(18(2,3)4)12-16(14)15-8-10-19(5,6)11-9-15/h12-13,15H,8-11H2,1-7H3/q+1/i1D3,15D. The number of rotatable bonds is 1. The van der Waals surface area contributed by atoms with Gasteiger partial charge < -0.3 is 0 Å². The molecule has 0 N–H and O–H groups in total. The van der Waals surface area contributed by atoms with Crippen molar-refractivity contribution >= 4 is 0 Å². The quantitative estimate of drug-likeness (QED) is 0.650. The molecule has 0 bridgehead atoms. The normalized spacial score (nSPS) is 25.3. The summed E-state index contributed by atoms with van der Waals surface area (Å²) in [5.74, 6) is -0.798. The minimum atomic E-state index is -2.19. The Morgan fingerprint density at radius 2 is 1.90 bits per heavy atom. The zero-order valence-corrected chi connectivity index (χ0v) is 13.9. The van der Waals surface area contributed by atoms with E-state index in [1.54, 1.807) is 6.20 Å². The number of nitrogens with zero attached hydrogens (tertiary/aromatic N) is 1. The van der Waals surface area contributed by atoms with Crippen LogP contribution in [0.1, 0.15) is 88.5 Å². The van der Waals surface area contributed by atoms with Gasteiger partial charge in [-0.15, -0.1) is 0 Å². The lowest BCUT2D eigenvalue weighted by molar-refractivity contribution is -0.682. The lowest BCUT2D eigenvalue weighted by Crippen LogP contribution is -2.40. The predicted molar refractivity (Wildman–Crippen MR) is 86.0 cm³/mol. The van der Waals surface area contributed by atoms with Crippen molar-refractivity contribution in [1.82, 2.24) is 0 Å². The van der Waals surface area contributed by atoms with E-state index in [2.05, 4.69) is 34.6 Å². The van der Waals surface area contributed by atoms with Crippen molar-refractivity contribution in [1.29, 1.82) is 0 Å². The summed E-state index contributed by atoms with van der Waals surface area (Å²) >= 11 is 0. The summed E-state index contributed by atoms with van der Waals surface area (Å²) in [5, 5.41) is 0. The molecular formula is C19H32N+. The molecule has 1 nitrogen and oxygen atoms in total.